The van der Waals surface area contributed by atoms with Gasteiger partial charge in [0.15, 0.2) is 5.43 Å². The van der Waals surface area contributed by atoms with Crippen LogP contribution in [0.1, 0.15) is 17.2 Å². The van der Waals surface area contributed by atoms with Gasteiger partial charge in [0.1, 0.15) is 18.0 Å². The highest BCUT2D eigenvalue weighted by molar-refractivity contribution is 5.76. The van der Waals surface area contributed by atoms with Crippen molar-refractivity contribution in [1.82, 2.24) is 4.98 Å². The van der Waals surface area contributed by atoms with Crippen LogP contribution in [0, 0.1) is 0 Å². The summed E-state index contributed by atoms with van der Waals surface area (Å²) in [6.45, 7) is 0. The Bertz CT molecular complexity index is 765. The Balaban J connectivity index is 2.16. The SMILES string of the molecule is O=c1c(C(O)c2ccncc2)coc2ccccc12. The maximum atomic E-state index is 12.3. The summed E-state index contributed by atoms with van der Waals surface area (Å²) in [4.78, 5) is 16.2. The van der Waals surface area contributed by atoms with Crippen LogP contribution < -0.4 is 5.43 Å². The lowest BCUT2D eigenvalue weighted by Crippen LogP contribution is -2.14. The number of fused-ring (bicyclic) bond motifs is 1. The highest BCUT2D eigenvalue weighted by atomic mass is 16.3. The molecular weight excluding hydrogens is 242 g/mol. The van der Waals surface area contributed by atoms with E-state index in [1.54, 1.807) is 48.8 Å². The van der Waals surface area contributed by atoms with Crippen LogP contribution in [0.5, 0.6) is 0 Å². The molecule has 0 aliphatic rings. The maximum absolute atomic E-state index is 12.3. The molecule has 0 spiro atoms. The van der Waals surface area contributed by atoms with Gasteiger partial charge in [-0.2, -0.15) is 0 Å². The fourth-order valence-electron chi connectivity index (χ4n) is 2.01. The summed E-state index contributed by atoms with van der Waals surface area (Å²) in [7, 11) is 0. The monoisotopic (exact) mass is 253 g/mol. The van der Waals surface area contributed by atoms with Crippen LogP contribution >= 0.6 is 0 Å². The second-order valence-electron chi connectivity index (χ2n) is 4.20. The van der Waals surface area contributed by atoms with Crippen LogP contribution in [0.15, 0.2) is 64.3 Å². The molecule has 3 rings (SSSR count). The van der Waals surface area contributed by atoms with E-state index in [0.717, 1.165) is 0 Å². The van der Waals surface area contributed by atoms with E-state index in [2.05, 4.69) is 4.98 Å². The topological polar surface area (TPSA) is 63.3 Å². The first kappa shape index (κ1) is 11.6. The molecule has 1 N–H and O–H groups in total. The number of rotatable bonds is 2. The van der Waals surface area contributed by atoms with E-state index in [0.29, 0.717) is 16.5 Å². The van der Waals surface area contributed by atoms with Crippen LogP contribution in [0.25, 0.3) is 11.0 Å². The van der Waals surface area contributed by atoms with E-state index >= 15 is 0 Å². The van der Waals surface area contributed by atoms with Gasteiger partial charge in [0.2, 0.25) is 0 Å². The van der Waals surface area contributed by atoms with E-state index in [-0.39, 0.29) is 11.0 Å². The lowest BCUT2D eigenvalue weighted by atomic mass is 10.0. The van der Waals surface area contributed by atoms with Gasteiger partial charge in [0, 0.05) is 12.4 Å². The van der Waals surface area contributed by atoms with Gasteiger partial charge in [0.25, 0.3) is 0 Å². The summed E-state index contributed by atoms with van der Waals surface area (Å²) in [5.41, 5.74) is 1.13. The largest absolute Gasteiger partial charge is 0.464 e. The standard InChI is InChI=1S/C15H11NO3/c17-14(10-5-7-16-8-6-10)12-9-19-13-4-2-1-3-11(13)15(12)18/h1-9,14,17H. The molecule has 0 aliphatic carbocycles. The Morgan fingerprint density at radius 1 is 1.11 bits per heavy atom. The molecule has 0 amide bonds. The third-order valence-corrected chi connectivity index (χ3v) is 3.02. The molecule has 0 aliphatic heterocycles. The van der Waals surface area contributed by atoms with Gasteiger partial charge in [-0.15, -0.1) is 0 Å². The Morgan fingerprint density at radius 3 is 2.63 bits per heavy atom. The average Bonchev–Trinajstić information content (AvgIpc) is 2.48. The number of hydrogen-bond acceptors (Lipinski definition) is 4. The molecular formula is C15H11NO3. The first-order valence-corrected chi connectivity index (χ1v) is 5.86. The van der Waals surface area contributed by atoms with Crippen LogP contribution in [0.3, 0.4) is 0 Å². The van der Waals surface area contributed by atoms with Crippen molar-refractivity contribution in [2.75, 3.05) is 0 Å². The van der Waals surface area contributed by atoms with Crippen molar-refractivity contribution in [3.63, 3.8) is 0 Å². The van der Waals surface area contributed by atoms with Crippen molar-refractivity contribution in [3.05, 3.63) is 76.4 Å². The Kier molecular flexibility index (Phi) is 2.85. The molecule has 2 heterocycles. The minimum atomic E-state index is -1.01. The van der Waals surface area contributed by atoms with Gasteiger partial charge in [-0.05, 0) is 29.8 Å². The van der Waals surface area contributed by atoms with Gasteiger partial charge < -0.3 is 9.52 Å². The van der Waals surface area contributed by atoms with Crippen molar-refractivity contribution in [3.8, 4) is 0 Å². The zero-order valence-corrected chi connectivity index (χ0v) is 9.98. The van der Waals surface area contributed by atoms with E-state index in [1.165, 1.54) is 6.26 Å². The lowest BCUT2D eigenvalue weighted by molar-refractivity contribution is 0.216. The molecule has 4 nitrogen and oxygen atoms in total. The molecule has 3 aromatic rings. The predicted molar refractivity (Wildman–Crippen MR) is 70.8 cm³/mol. The van der Waals surface area contributed by atoms with Crippen LogP contribution in [0.4, 0.5) is 0 Å². The predicted octanol–water partition coefficient (Wildman–Crippen LogP) is 2.27. The van der Waals surface area contributed by atoms with Crippen molar-refractivity contribution in [1.29, 1.82) is 0 Å². The summed E-state index contributed by atoms with van der Waals surface area (Å²) >= 11 is 0. The molecule has 0 bridgehead atoms. The van der Waals surface area contributed by atoms with Gasteiger partial charge in [-0.3, -0.25) is 9.78 Å². The number of hydrogen-bond donors (Lipinski definition) is 1. The summed E-state index contributed by atoms with van der Waals surface area (Å²) in [5, 5.41) is 10.7. The van der Waals surface area contributed by atoms with Crippen molar-refractivity contribution in [2.45, 2.75) is 6.10 Å². The third kappa shape index (κ3) is 2.02. The normalized spacial score (nSPS) is 12.5. The first-order chi connectivity index (χ1) is 9.27. The van der Waals surface area contributed by atoms with E-state index in [9.17, 15) is 9.90 Å². The second-order valence-corrected chi connectivity index (χ2v) is 4.20. The van der Waals surface area contributed by atoms with E-state index in [1.807, 2.05) is 0 Å². The molecule has 1 aromatic carbocycles. The summed E-state index contributed by atoms with van der Waals surface area (Å²) in [5.74, 6) is 0. The minimum absolute atomic E-state index is 0.217. The van der Waals surface area contributed by atoms with Gasteiger partial charge in [-0.1, -0.05) is 12.1 Å². The summed E-state index contributed by atoms with van der Waals surface area (Å²) in [6.07, 6.45) is 3.45. The molecule has 4 heteroatoms. The zero-order chi connectivity index (χ0) is 13.2. The minimum Gasteiger partial charge on any atom is -0.464 e. The smallest absolute Gasteiger partial charge is 0.198 e. The molecule has 0 saturated carbocycles. The van der Waals surface area contributed by atoms with Gasteiger partial charge in [0.05, 0.1) is 10.9 Å². The fourth-order valence-corrected chi connectivity index (χ4v) is 2.01. The number of nitrogens with zero attached hydrogens (tertiary/aromatic N) is 1. The number of aliphatic hydroxyl groups is 1. The number of pyridine rings is 1. The highest BCUT2D eigenvalue weighted by Crippen LogP contribution is 2.20. The first-order valence-electron chi connectivity index (χ1n) is 5.86. The van der Waals surface area contributed by atoms with Crippen LogP contribution in [0.2, 0.25) is 0 Å². The molecule has 0 saturated heterocycles. The molecule has 19 heavy (non-hydrogen) atoms. The number of para-hydroxylation sites is 1. The number of benzene rings is 1. The number of aliphatic hydroxyl groups excluding tert-OH is 1. The molecule has 94 valence electrons. The molecule has 1 unspecified atom stereocenters. The fraction of sp³-hybridized carbons (Fsp3) is 0.0667. The molecule has 2 aromatic heterocycles. The summed E-state index contributed by atoms with van der Waals surface area (Å²) in [6, 6.07) is 10.3. The molecule has 0 radical (unpaired) electrons. The van der Waals surface area contributed by atoms with Crippen LogP contribution in [-0.4, -0.2) is 10.1 Å². The molecule has 1 atom stereocenters. The Labute approximate surface area is 109 Å². The Hall–Kier alpha value is -2.46. The van der Waals surface area contributed by atoms with Crippen molar-refractivity contribution in [2.24, 2.45) is 0 Å². The van der Waals surface area contributed by atoms with Crippen molar-refractivity contribution < 1.29 is 9.52 Å². The van der Waals surface area contributed by atoms with Crippen LogP contribution in [-0.2, 0) is 0 Å². The van der Waals surface area contributed by atoms with E-state index < -0.39 is 6.10 Å². The zero-order valence-electron chi connectivity index (χ0n) is 9.98. The van der Waals surface area contributed by atoms with Gasteiger partial charge >= 0.3 is 0 Å². The lowest BCUT2D eigenvalue weighted by Gasteiger charge is -2.10. The quantitative estimate of drug-likeness (QED) is 0.761. The van der Waals surface area contributed by atoms with E-state index in [4.69, 9.17) is 4.42 Å². The van der Waals surface area contributed by atoms with Gasteiger partial charge in [-0.25, -0.2) is 0 Å². The third-order valence-electron chi connectivity index (χ3n) is 3.02. The second kappa shape index (κ2) is 4.66. The Morgan fingerprint density at radius 2 is 1.84 bits per heavy atom. The average molecular weight is 253 g/mol. The highest BCUT2D eigenvalue weighted by Gasteiger charge is 2.16. The summed E-state index contributed by atoms with van der Waals surface area (Å²) < 4.78 is 5.39. The molecule has 0 fully saturated rings. The van der Waals surface area contributed by atoms with Crippen molar-refractivity contribution >= 4 is 11.0 Å². The maximum Gasteiger partial charge on any atom is 0.198 e. The number of aromatic nitrogens is 1.